The molecule has 0 bridgehead atoms. The van der Waals surface area contributed by atoms with E-state index in [1.165, 1.54) is 11.1 Å². The molecule has 0 aliphatic heterocycles. The van der Waals surface area contributed by atoms with Gasteiger partial charge < -0.3 is 5.11 Å². The second-order valence-electron chi connectivity index (χ2n) is 6.95. The Kier molecular flexibility index (Phi) is 27.8. The first-order valence-electron chi connectivity index (χ1n) is 10.1. The van der Waals surface area contributed by atoms with E-state index in [0.717, 1.165) is 25.7 Å². The van der Waals surface area contributed by atoms with Crippen molar-refractivity contribution >= 4 is 0 Å². The van der Waals surface area contributed by atoms with Gasteiger partial charge >= 0.3 is 26.2 Å². The van der Waals surface area contributed by atoms with E-state index >= 15 is 0 Å². The van der Waals surface area contributed by atoms with Gasteiger partial charge in [0, 0.05) is 0 Å². The molecule has 0 heterocycles. The van der Waals surface area contributed by atoms with E-state index in [0.29, 0.717) is 0 Å². The molecule has 1 nitrogen and oxygen atoms in total. The fourth-order valence-corrected chi connectivity index (χ4v) is 2.05. The normalized spacial score (nSPS) is 16.6. The van der Waals surface area contributed by atoms with Crippen LogP contribution < -0.4 is 0 Å². The molecule has 1 N–H and O–H groups in total. The molecule has 2 heteroatoms. The van der Waals surface area contributed by atoms with Crippen LogP contribution in [-0.2, 0) is 26.2 Å². The Bertz CT molecular complexity index is 304. The van der Waals surface area contributed by atoms with E-state index in [2.05, 4.69) is 39.8 Å². The molecule has 0 aromatic heterocycles. The van der Waals surface area contributed by atoms with Crippen LogP contribution in [0.2, 0.25) is 0 Å². The predicted octanol–water partition coefficient (Wildman–Crippen LogP) is 7.10. The average Bonchev–Trinajstić information content (AvgIpc) is 3.34. The van der Waals surface area contributed by atoms with Crippen molar-refractivity contribution in [3.63, 3.8) is 0 Å². The van der Waals surface area contributed by atoms with Gasteiger partial charge in [-0.25, -0.2) is 5.57 Å². The number of hydrogen-bond acceptors (Lipinski definition) is 1. The molecule has 0 aromatic rings. The maximum absolute atomic E-state index is 8.52. The number of rotatable bonds is 5. The minimum Gasteiger partial charge on any atom is -0.391 e. The van der Waals surface area contributed by atoms with Crippen LogP contribution in [0.3, 0.4) is 0 Å². The SMILES string of the molecule is CC(C)(C)O.CC[C-]=C(CC)/C(=C/CC)CC.[CH]1[CH][CH][CH][CH]1.[CH]1[CH][CH][CH][CH]1.[Zr+3]. The number of aliphatic hydroxyl groups is 1. The Morgan fingerprint density at radius 1 is 0.750 bits per heavy atom. The first kappa shape index (κ1) is 33.0. The average molecular weight is 461 g/mol. The second kappa shape index (κ2) is 23.6. The standard InChI is InChI=1S/C12H21.2C5H5.C4H10O.Zr/c1-5-9-11(7-3)12(8-4)10-6-2;2*1-2-4-5-3-1;1-4(2,3)5;/h9H,5-8H2,1-4H3;2*1-5H;5H,1-3H3;/q-1;;;;+3/b11-9+;;;;. The summed E-state index contributed by atoms with van der Waals surface area (Å²) >= 11 is 0. The molecule has 0 aromatic carbocycles. The van der Waals surface area contributed by atoms with Crippen LogP contribution in [0.5, 0.6) is 0 Å². The topological polar surface area (TPSA) is 20.2 Å². The van der Waals surface area contributed by atoms with E-state index in [-0.39, 0.29) is 26.2 Å². The zero-order valence-corrected chi connectivity index (χ0v) is 21.6. The molecule has 0 spiro atoms. The molecule has 28 heavy (non-hydrogen) atoms. The van der Waals surface area contributed by atoms with Crippen molar-refractivity contribution in [3.05, 3.63) is 87.5 Å². The van der Waals surface area contributed by atoms with Crippen LogP contribution in [0.25, 0.3) is 0 Å². The predicted molar refractivity (Wildman–Crippen MR) is 121 cm³/mol. The van der Waals surface area contributed by atoms with Gasteiger partial charge in [-0.3, -0.25) is 6.08 Å². The van der Waals surface area contributed by atoms with Crippen LogP contribution in [0.4, 0.5) is 0 Å². The molecule has 2 aliphatic carbocycles. The van der Waals surface area contributed by atoms with Crippen molar-refractivity contribution in [1.82, 2.24) is 0 Å². The molecule has 2 fully saturated rings. The zero-order valence-electron chi connectivity index (χ0n) is 19.1. The first-order chi connectivity index (χ1) is 12.8. The van der Waals surface area contributed by atoms with E-state index in [9.17, 15) is 0 Å². The van der Waals surface area contributed by atoms with Crippen molar-refractivity contribution in [2.24, 2.45) is 0 Å². The summed E-state index contributed by atoms with van der Waals surface area (Å²) in [4.78, 5) is 0. The summed E-state index contributed by atoms with van der Waals surface area (Å²) in [6.07, 6.45) is 30.2. The smallest absolute Gasteiger partial charge is 0.391 e. The van der Waals surface area contributed by atoms with Crippen molar-refractivity contribution < 1.29 is 31.3 Å². The molecule has 11 radical (unpaired) electrons. The number of allylic oxidation sites excluding steroid dienone is 4. The Labute approximate surface area is 198 Å². The first-order valence-corrected chi connectivity index (χ1v) is 10.1. The van der Waals surface area contributed by atoms with Gasteiger partial charge in [0.25, 0.3) is 0 Å². The van der Waals surface area contributed by atoms with E-state index in [4.69, 9.17) is 5.11 Å². The minimum absolute atomic E-state index is 0. The molecule has 2 rings (SSSR count). The minimum atomic E-state index is -0.500. The van der Waals surface area contributed by atoms with Crippen LogP contribution in [0.1, 0.15) is 74.1 Å². The summed E-state index contributed by atoms with van der Waals surface area (Å²) in [5.41, 5.74) is 2.41. The van der Waals surface area contributed by atoms with E-state index in [1.807, 2.05) is 64.2 Å². The molecule has 153 valence electrons. The van der Waals surface area contributed by atoms with Crippen LogP contribution in [-0.4, -0.2) is 10.7 Å². The second-order valence-corrected chi connectivity index (χ2v) is 6.95. The molecule has 0 atom stereocenters. The van der Waals surface area contributed by atoms with Crippen molar-refractivity contribution in [2.75, 3.05) is 0 Å². The van der Waals surface area contributed by atoms with E-state index in [1.54, 1.807) is 20.8 Å². The quantitative estimate of drug-likeness (QED) is 0.342. The monoisotopic (exact) mass is 459 g/mol. The van der Waals surface area contributed by atoms with Gasteiger partial charge in [0.05, 0.1) is 5.60 Å². The third-order valence-corrected chi connectivity index (χ3v) is 3.07. The van der Waals surface area contributed by atoms with Crippen LogP contribution >= 0.6 is 0 Å². The molecular weight excluding hydrogens is 420 g/mol. The Hall–Kier alpha value is 0.323. The molecule has 2 saturated carbocycles. The van der Waals surface area contributed by atoms with Gasteiger partial charge in [-0.1, -0.05) is 47.0 Å². The fraction of sp³-hybridized carbons (Fsp3) is 0.462. The van der Waals surface area contributed by atoms with Gasteiger partial charge in [-0.2, -0.15) is 11.6 Å². The Morgan fingerprint density at radius 3 is 1.25 bits per heavy atom. The largest absolute Gasteiger partial charge is 3.00 e. The van der Waals surface area contributed by atoms with Gasteiger partial charge in [0.1, 0.15) is 0 Å². The molecule has 2 aliphatic rings. The maximum atomic E-state index is 8.52. The molecule has 0 amide bonds. The van der Waals surface area contributed by atoms with Crippen LogP contribution in [0.15, 0.2) is 17.2 Å². The fourth-order valence-electron chi connectivity index (χ4n) is 2.05. The van der Waals surface area contributed by atoms with Crippen LogP contribution in [0, 0.1) is 70.3 Å². The van der Waals surface area contributed by atoms with Gasteiger partial charge in [-0.15, -0.1) is 6.42 Å². The number of hydrogen-bond donors (Lipinski definition) is 1. The third kappa shape index (κ3) is 28.5. The summed E-state index contributed by atoms with van der Waals surface area (Å²) in [7, 11) is 0. The zero-order chi connectivity index (χ0) is 21.0. The van der Waals surface area contributed by atoms with E-state index < -0.39 is 5.60 Å². The van der Waals surface area contributed by atoms with Crippen molar-refractivity contribution in [1.29, 1.82) is 0 Å². The van der Waals surface area contributed by atoms with Gasteiger partial charge in [0.2, 0.25) is 0 Å². The van der Waals surface area contributed by atoms with Crippen molar-refractivity contribution in [3.8, 4) is 0 Å². The Morgan fingerprint density at radius 2 is 1.07 bits per heavy atom. The van der Waals surface area contributed by atoms with Crippen molar-refractivity contribution in [2.45, 2.75) is 79.8 Å². The molecular formula is C26H41OZr+2. The Balaban J connectivity index is -0.000000324. The maximum Gasteiger partial charge on any atom is 3.00 e. The third-order valence-electron chi connectivity index (χ3n) is 3.07. The summed E-state index contributed by atoms with van der Waals surface area (Å²) in [5.74, 6) is 0. The summed E-state index contributed by atoms with van der Waals surface area (Å²) in [6.45, 7) is 14.0. The summed E-state index contributed by atoms with van der Waals surface area (Å²) < 4.78 is 0. The summed E-state index contributed by atoms with van der Waals surface area (Å²) in [6, 6.07) is 0. The summed E-state index contributed by atoms with van der Waals surface area (Å²) in [5, 5.41) is 8.52. The van der Waals surface area contributed by atoms with Gasteiger partial charge in [-0.05, 0) is 85.0 Å². The molecule has 0 saturated heterocycles. The van der Waals surface area contributed by atoms with Gasteiger partial charge in [0.15, 0.2) is 0 Å². The molecule has 0 unspecified atom stereocenters.